The van der Waals surface area contributed by atoms with Crippen molar-refractivity contribution in [2.24, 2.45) is 5.73 Å². The zero-order valence-corrected chi connectivity index (χ0v) is 9.71. The molecule has 1 rings (SSSR count). The Morgan fingerprint density at radius 1 is 1.53 bits per heavy atom. The van der Waals surface area contributed by atoms with E-state index in [9.17, 15) is 18.0 Å². The molecule has 7 heteroatoms. The number of rotatable bonds is 3. The fourth-order valence-electron chi connectivity index (χ4n) is 1.90. The van der Waals surface area contributed by atoms with Crippen LogP contribution in [0.2, 0.25) is 0 Å². The Kier molecular flexibility index (Phi) is 4.03. The van der Waals surface area contributed by atoms with Crippen LogP contribution in [-0.4, -0.2) is 37.0 Å². The van der Waals surface area contributed by atoms with Crippen LogP contribution in [0.1, 0.15) is 26.2 Å². The van der Waals surface area contributed by atoms with Crippen molar-refractivity contribution >= 4 is 5.97 Å². The molecule has 100 valence electrons. The van der Waals surface area contributed by atoms with Crippen LogP contribution in [0.15, 0.2) is 0 Å². The second kappa shape index (κ2) is 4.81. The van der Waals surface area contributed by atoms with Crippen molar-refractivity contribution in [2.75, 3.05) is 7.11 Å². The fraction of sp³-hybridized carbons (Fsp3) is 0.900. The molecule has 17 heavy (non-hydrogen) atoms. The first-order valence-electron chi connectivity index (χ1n) is 5.28. The zero-order valence-electron chi connectivity index (χ0n) is 9.71. The normalized spacial score (nSPS) is 31.3. The van der Waals surface area contributed by atoms with Gasteiger partial charge in [-0.15, -0.1) is 0 Å². The van der Waals surface area contributed by atoms with E-state index in [1.807, 2.05) is 0 Å². The van der Waals surface area contributed by atoms with E-state index in [4.69, 9.17) is 10.5 Å². The Morgan fingerprint density at radius 3 is 2.59 bits per heavy atom. The molecule has 0 aromatic carbocycles. The number of nitrogens with two attached hydrogens (primary N) is 1. The number of carbonyl (C=O) groups excluding carboxylic acids is 1. The standard InChI is InChI=1S/C10H16F3NO3/c1-6(10(11,12)13)17-7-3-4-9(14,5-7)8(15)16-2/h6-7H,3-5,14H2,1-2H3. The maximum absolute atomic E-state index is 12.3. The average Bonchev–Trinajstić information content (AvgIpc) is 2.59. The average molecular weight is 255 g/mol. The maximum atomic E-state index is 12.3. The van der Waals surface area contributed by atoms with Crippen molar-refractivity contribution in [2.45, 2.75) is 50.1 Å². The van der Waals surface area contributed by atoms with Crippen LogP contribution in [-0.2, 0) is 14.3 Å². The highest BCUT2D eigenvalue weighted by Gasteiger charge is 2.46. The maximum Gasteiger partial charge on any atom is 0.414 e. The minimum absolute atomic E-state index is 0.0556. The number of hydrogen-bond donors (Lipinski definition) is 1. The Labute approximate surface area is 97.2 Å². The zero-order chi connectivity index (χ0) is 13.3. The lowest BCUT2D eigenvalue weighted by Gasteiger charge is -2.23. The highest BCUT2D eigenvalue weighted by atomic mass is 19.4. The van der Waals surface area contributed by atoms with E-state index in [1.165, 1.54) is 7.11 Å². The molecule has 0 radical (unpaired) electrons. The molecule has 0 bridgehead atoms. The number of alkyl halides is 3. The van der Waals surface area contributed by atoms with E-state index in [2.05, 4.69) is 4.74 Å². The Bertz CT molecular complexity index is 295. The van der Waals surface area contributed by atoms with Gasteiger partial charge in [0, 0.05) is 6.42 Å². The van der Waals surface area contributed by atoms with Crippen molar-refractivity contribution in [3.8, 4) is 0 Å². The van der Waals surface area contributed by atoms with Crippen LogP contribution in [0.3, 0.4) is 0 Å². The largest absolute Gasteiger partial charge is 0.468 e. The molecule has 0 amide bonds. The molecular formula is C10H16F3NO3. The fourth-order valence-corrected chi connectivity index (χ4v) is 1.90. The molecule has 0 spiro atoms. The van der Waals surface area contributed by atoms with Gasteiger partial charge in [-0.2, -0.15) is 13.2 Å². The molecule has 1 fully saturated rings. The van der Waals surface area contributed by atoms with Gasteiger partial charge in [0.25, 0.3) is 0 Å². The molecule has 3 unspecified atom stereocenters. The smallest absolute Gasteiger partial charge is 0.414 e. The predicted molar refractivity (Wildman–Crippen MR) is 53.2 cm³/mol. The van der Waals surface area contributed by atoms with Gasteiger partial charge in [0.2, 0.25) is 0 Å². The predicted octanol–water partition coefficient (Wildman–Crippen LogP) is 1.38. The summed E-state index contributed by atoms with van der Waals surface area (Å²) < 4.78 is 46.2. The Balaban J connectivity index is 2.54. The van der Waals surface area contributed by atoms with Crippen LogP contribution in [0.25, 0.3) is 0 Å². The van der Waals surface area contributed by atoms with Crippen molar-refractivity contribution < 1.29 is 27.4 Å². The highest BCUT2D eigenvalue weighted by molar-refractivity contribution is 5.80. The molecule has 0 aliphatic heterocycles. The van der Waals surface area contributed by atoms with Crippen molar-refractivity contribution in [3.63, 3.8) is 0 Å². The van der Waals surface area contributed by atoms with E-state index >= 15 is 0 Å². The van der Waals surface area contributed by atoms with Crippen LogP contribution >= 0.6 is 0 Å². The molecule has 0 aromatic rings. The number of esters is 1. The summed E-state index contributed by atoms with van der Waals surface area (Å²) in [6, 6.07) is 0. The summed E-state index contributed by atoms with van der Waals surface area (Å²) in [5, 5.41) is 0. The molecule has 3 atom stereocenters. The van der Waals surface area contributed by atoms with E-state index in [1.54, 1.807) is 0 Å². The summed E-state index contributed by atoms with van der Waals surface area (Å²) in [6.45, 7) is 0.939. The minimum atomic E-state index is -4.40. The molecule has 1 saturated carbocycles. The monoisotopic (exact) mass is 255 g/mol. The molecule has 2 N–H and O–H groups in total. The van der Waals surface area contributed by atoms with Gasteiger partial charge >= 0.3 is 12.1 Å². The van der Waals surface area contributed by atoms with Crippen LogP contribution in [0, 0.1) is 0 Å². The lowest BCUT2D eigenvalue weighted by atomic mass is 10.00. The number of halogens is 3. The first kappa shape index (κ1) is 14.2. The third-order valence-electron chi connectivity index (χ3n) is 2.95. The summed E-state index contributed by atoms with van der Waals surface area (Å²) in [6.07, 6.45) is -6.25. The van der Waals surface area contributed by atoms with E-state index in [0.717, 1.165) is 6.92 Å². The molecule has 4 nitrogen and oxygen atoms in total. The molecular weight excluding hydrogens is 239 g/mol. The number of hydrogen-bond acceptors (Lipinski definition) is 4. The van der Waals surface area contributed by atoms with E-state index < -0.39 is 29.9 Å². The van der Waals surface area contributed by atoms with Gasteiger partial charge in [0.1, 0.15) is 5.54 Å². The summed E-state index contributed by atoms with van der Waals surface area (Å²) in [5.74, 6) is -0.608. The molecule has 1 aliphatic rings. The number of ether oxygens (including phenoxy) is 2. The van der Waals surface area contributed by atoms with E-state index in [0.29, 0.717) is 6.42 Å². The van der Waals surface area contributed by atoms with Gasteiger partial charge < -0.3 is 15.2 Å². The molecule has 0 saturated heterocycles. The Morgan fingerprint density at radius 2 is 2.12 bits per heavy atom. The summed E-state index contributed by atoms with van der Waals surface area (Å²) in [5.41, 5.74) is 4.53. The van der Waals surface area contributed by atoms with Crippen molar-refractivity contribution in [1.29, 1.82) is 0 Å². The summed E-state index contributed by atoms with van der Waals surface area (Å²) in [7, 11) is 1.20. The topological polar surface area (TPSA) is 61.5 Å². The first-order chi connectivity index (χ1) is 7.69. The quantitative estimate of drug-likeness (QED) is 0.774. The van der Waals surface area contributed by atoms with E-state index in [-0.39, 0.29) is 12.8 Å². The van der Waals surface area contributed by atoms with Gasteiger partial charge in [0.15, 0.2) is 6.10 Å². The lowest BCUT2D eigenvalue weighted by Crippen LogP contribution is -2.47. The summed E-state index contributed by atoms with van der Waals surface area (Å²) >= 11 is 0. The van der Waals surface area contributed by atoms with Gasteiger partial charge in [-0.3, -0.25) is 4.79 Å². The van der Waals surface area contributed by atoms with Gasteiger partial charge in [-0.05, 0) is 19.8 Å². The molecule has 0 heterocycles. The van der Waals surface area contributed by atoms with Crippen LogP contribution < -0.4 is 5.73 Å². The van der Waals surface area contributed by atoms with Crippen molar-refractivity contribution in [3.05, 3.63) is 0 Å². The third kappa shape index (κ3) is 3.32. The van der Waals surface area contributed by atoms with Crippen LogP contribution in [0.4, 0.5) is 13.2 Å². The SMILES string of the molecule is COC(=O)C1(N)CCC(OC(C)C(F)(F)F)C1. The lowest BCUT2D eigenvalue weighted by molar-refractivity contribution is -0.226. The number of carbonyl (C=O) groups is 1. The number of methoxy groups -OCH3 is 1. The molecule has 1 aliphatic carbocycles. The Hall–Kier alpha value is -0.820. The second-order valence-corrected chi connectivity index (χ2v) is 4.33. The van der Waals surface area contributed by atoms with Crippen LogP contribution in [0.5, 0.6) is 0 Å². The minimum Gasteiger partial charge on any atom is -0.468 e. The molecule has 0 aromatic heterocycles. The highest BCUT2D eigenvalue weighted by Crippen LogP contribution is 2.34. The second-order valence-electron chi connectivity index (χ2n) is 4.33. The third-order valence-corrected chi connectivity index (χ3v) is 2.95. The van der Waals surface area contributed by atoms with Gasteiger partial charge in [0.05, 0.1) is 13.2 Å². The summed E-state index contributed by atoms with van der Waals surface area (Å²) in [4.78, 5) is 11.3. The van der Waals surface area contributed by atoms with Gasteiger partial charge in [-0.25, -0.2) is 0 Å². The first-order valence-corrected chi connectivity index (χ1v) is 5.28. The van der Waals surface area contributed by atoms with Crippen molar-refractivity contribution in [1.82, 2.24) is 0 Å². The van der Waals surface area contributed by atoms with Gasteiger partial charge in [-0.1, -0.05) is 0 Å².